The van der Waals surface area contributed by atoms with Gasteiger partial charge in [-0.1, -0.05) is 42.5 Å². The molecule has 1 aliphatic rings. The summed E-state index contributed by atoms with van der Waals surface area (Å²) in [5, 5.41) is 6.92. The third-order valence-corrected chi connectivity index (χ3v) is 7.35. The number of aryl methyl sites for hydroxylation is 1. The zero-order chi connectivity index (χ0) is 24.5. The third kappa shape index (κ3) is 4.44. The molecule has 0 spiro atoms. The van der Waals surface area contributed by atoms with Crippen molar-refractivity contribution in [3.05, 3.63) is 95.6 Å². The van der Waals surface area contributed by atoms with Crippen LogP contribution in [0, 0.1) is 13.8 Å². The maximum Gasteiger partial charge on any atom is 0.170 e. The zero-order valence-corrected chi connectivity index (χ0v) is 21.7. The first-order chi connectivity index (χ1) is 17.0. The summed E-state index contributed by atoms with van der Waals surface area (Å²) in [6.45, 7) is 6.36. The van der Waals surface area contributed by atoms with E-state index in [0.29, 0.717) is 0 Å². The molecule has 1 N–H and O–H groups in total. The van der Waals surface area contributed by atoms with Gasteiger partial charge >= 0.3 is 0 Å². The van der Waals surface area contributed by atoms with Crippen LogP contribution in [0.5, 0.6) is 0 Å². The fourth-order valence-electron chi connectivity index (χ4n) is 5.40. The van der Waals surface area contributed by atoms with E-state index in [1.165, 1.54) is 33.4 Å². The first-order valence-corrected chi connectivity index (χ1v) is 12.7. The van der Waals surface area contributed by atoms with Crippen molar-refractivity contribution in [2.24, 2.45) is 0 Å². The van der Waals surface area contributed by atoms with Crippen molar-refractivity contribution >= 4 is 28.1 Å². The highest BCUT2D eigenvalue weighted by Crippen LogP contribution is 2.41. The average molecular weight is 484 g/mol. The maximum atomic E-state index is 5.88. The Labute approximate surface area is 213 Å². The molecule has 0 radical (unpaired) electrons. The van der Waals surface area contributed by atoms with E-state index >= 15 is 0 Å². The minimum absolute atomic E-state index is 0.00419. The summed E-state index contributed by atoms with van der Waals surface area (Å²) in [4.78, 5) is 9.30. The van der Waals surface area contributed by atoms with Crippen LogP contribution >= 0.6 is 12.2 Å². The largest absolute Gasteiger partial charge is 0.352 e. The molecule has 2 atom stereocenters. The quantitative estimate of drug-likeness (QED) is 0.348. The number of nitrogens with one attached hydrogen (secondary N) is 1. The Balaban J connectivity index is 1.61. The van der Waals surface area contributed by atoms with E-state index in [1.54, 1.807) is 0 Å². The molecule has 0 bridgehead atoms. The number of fused-ring (bicyclic) bond motifs is 1. The molecule has 0 amide bonds. The van der Waals surface area contributed by atoms with Crippen molar-refractivity contribution in [3.8, 4) is 5.69 Å². The molecule has 1 saturated heterocycles. The summed E-state index contributed by atoms with van der Waals surface area (Å²) in [5.41, 5.74) is 5.99. The highest BCUT2D eigenvalue weighted by molar-refractivity contribution is 7.80. The molecule has 5 rings (SSSR count). The molecule has 35 heavy (non-hydrogen) atoms. The van der Waals surface area contributed by atoms with Crippen LogP contribution in [0.25, 0.3) is 16.5 Å². The lowest BCUT2D eigenvalue weighted by Gasteiger charge is -2.28. The molecule has 2 aromatic carbocycles. The molecule has 1 aliphatic heterocycles. The number of pyridine rings is 1. The highest BCUT2D eigenvalue weighted by Gasteiger charge is 2.41. The van der Waals surface area contributed by atoms with Gasteiger partial charge in [-0.25, -0.2) is 0 Å². The fraction of sp³-hybridized carbons (Fsp3) is 0.310. The van der Waals surface area contributed by atoms with Crippen LogP contribution in [0.2, 0.25) is 0 Å². The summed E-state index contributed by atoms with van der Waals surface area (Å²) in [7, 11) is 4.24. The van der Waals surface area contributed by atoms with Gasteiger partial charge in [0.05, 0.1) is 23.5 Å². The number of nitrogens with zero attached hydrogens (tertiary/aromatic N) is 4. The molecule has 0 aliphatic carbocycles. The minimum Gasteiger partial charge on any atom is -0.352 e. The van der Waals surface area contributed by atoms with Gasteiger partial charge in [0, 0.05) is 29.5 Å². The van der Waals surface area contributed by atoms with Gasteiger partial charge in [-0.3, -0.25) is 4.98 Å². The van der Waals surface area contributed by atoms with E-state index < -0.39 is 0 Å². The second kappa shape index (κ2) is 9.80. The monoisotopic (exact) mass is 483 g/mol. The Morgan fingerprint density at radius 1 is 1.00 bits per heavy atom. The molecular formula is C29H33N5S. The lowest BCUT2D eigenvalue weighted by molar-refractivity contribution is 0.292. The molecule has 1 fully saturated rings. The molecule has 5 nitrogen and oxygen atoms in total. The summed E-state index contributed by atoms with van der Waals surface area (Å²) < 4.78 is 2.40. The topological polar surface area (TPSA) is 36.3 Å². The number of hydrogen-bond donors (Lipinski definition) is 1. The molecule has 6 heteroatoms. The lowest BCUT2D eigenvalue weighted by Crippen LogP contribution is -2.32. The Morgan fingerprint density at radius 3 is 2.54 bits per heavy atom. The van der Waals surface area contributed by atoms with Gasteiger partial charge < -0.3 is 19.7 Å². The van der Waals surface area contributed by atoms with E-state index in [1.807, 2.05) is 12.3 Å². The van der Waals surface area contributed by atoms with E-state index in [0.717, 1.165) is 30.3 Å². The number of aromatic nitrogens is 2. The summed E-state index contributed by atoms with van der Waals surface area (Å²) in [6, 6.07) is 23.7. The van der Waals surface area contributed by atoms with Crippen molar-refractivity contribution in [1.29, 1.82) is 0 Å². The molecule has 2 aromatic heterocycles. The number of hydrogen-bond acceptors (Lipinski definition) is 3. The fourth-order valence-corrected chi connectivity index (χ4v) is 5.73. The molecule has 180 valence electrons. The lowest BCUT2D eigenvalue weighted by atomic mass is 9.96. The second-order valence-corrected chi connectivity index (χ2v) is 10.0. The zero-order valence-electron chi connectivity index (χ0n) is 20.9. The summed E-state index contributed by atoms with van der Waals surface area (Å²) in [5.74, 6) is 0. The van der Waals surface area contributed by atoms with Crippen LogP contribution in [0.4, 0.5) is 0 Å². The van der Waals surface area contributed by atoms with Crippen LogP contribution in [0.1, 0.15) is 41.1 Å². The van der Waals surface area contributed by atoms with E-state index in [2.05, 4.69) is 108 Å². The van der Waals surface area contributed by atoms with Gasteiger partial charge in [-0.05, 0) is 88.3 Å². The average Bonchev–Trinajstić information content (AvgIpc) is 3.34. The predicted octanol–water partition coefficient (Wildman–Crippen LogP) is 5.57. The van der Waals surface area contributed by atoms with Crippen molar-refractivity contribution in [1.82, 2.24) is 24.7 Å². The van der Waals surface area contributed by atoms with Crippen LogP contribution in [0.3, 0.4) is 0 Å². The van der Waals surface area contributed by atoms with Gasteiger partial charge in [-0.15, -0.1) is 0 Å². The van der Waals surface area contributed by atoms with Gasteiger partial charge in [-0.2, -0.15) is 0 Å². The number of rotatable bonds is 7. The SMILES string of the molecule is Cc1cc([C@H]2[C@H](c3ccccn3)NC(=S)N2CCCN(C)C)c(C)n1-c1cccc2ccccc12. The van der Waals surface area contributed by atoms with E-state index in [9.17, 15) is 0 Å². The van der Waals surface area contributed by atoms with Crippen LogP contribution in [-0.4, -0.2) is 51.6 Å². The Hall–Kier alpha value is -3.22. The molecular weight excluding hydrogens is 450 g/mol. The van der Waals surface area contributed by atoms with Crippen LogP contribution < -0.4 is 5.32 Å². The second-order valence-electron chi connectivity index (χ2n) is 9.64. The van der Waals surface area contributed by atoms with Crippen molar-refractivity contribution in [2.45, 2.75) is 32.4 Å². The van der Waals surface area contributed by atoms with Gasteiger partial charge in [0.1, 0.15) is 0 Å². The molecule has 0 unspecified atom stereocenters. The van der Waals surface area contributed by atoms with E-state index in [-0.39, 0.29) is 12.1 Å². The van der Waals surface area contributed by atoms with Gasteiger partial charge in [0.15, 0.2) is 5.11 Å². The standard InChI is InChI=1S/C29H33N5S/c1-20-19-24(21(2)34(20)26-15-9-12-22-11-5-6-13-23(22)26)28-27(25-14-7-8-16-30-25)31-29(35)33(28)18-10-17-32(3)4/h5-9,11-16,19,27-28H,10,17-18H2,1-4H3,(H,31,35)/t27-,28-/m0/s1. The molecule has 0 saturated carbocycles. The van der Waals surface area contributed by atoms with Crippen molar-refractivity contribution < 1.29 is 0 Å². The molecule has 3 heterocycles. The van der Waals surface area contributed by atoms with Crippen molar-refractivity contribution in [2.75, 3.05) is 27.2 Å². The predicted molar refractivity (Wildman–Crippen MR) is 148 cm³/mol. The molecule has 4 aromatic rings. The van der Waals surface area contributed by atoms with Crippen LogP contribution in [-0.2, 0) is 0 Å². The minimum atomic E-state index is 0.00419. The first kappa shape index (κ1) is 23.5. The first-order valence-electron chi connectivity index (χ1n) is 12.3. The maximum absolute atomic E-state index is 5.88. The number of thiocarbonyl (C=S) groups is 1. The smallest absolute Gasteiger partial charge is 0.170 e. The normalized spacial score (nSPS) is 18.0. The number of benzene rings is 2. The Kier molecular flexibility index (Phi) is 6.58. The summed E-state index contributed by atoms with van der Waals surface area (Å²) >= 11 is 5.88. The third-order valence-electron chi connectivity index (χ3n) is 7.00. The van der Waals surface area contributed by atoms with Crippen LogP contribution in [0.15, 0.2) is 72.9 Å². The van der Waals surface area contributed by atoms with Crippen molar-refractivity contribution in [3.63, 3.8) is 0 Å². The van der Waals surface area contributed by atoms with Gasteiger partial charge in [0.2, 0.25) is 0 Å². The summed E-state index contributed by atoms with van der Waals surface area (Å²) in [6.07, 6.45) is 2.91. The van der Waals surface area contributed by atoms with E-state index in [4.69, 9.17) is 17.2 Å². The highest BCUT2D eigenvalue weighted by atomic mass is 32.1. The Morgan fingerprint density at radius 2 is 1.77 bits per heavy atom. The Bertz CT molecular complexity index is 1340. The van der Waals surface area contributed by atoms with Gasteiger partial charge in [0.25, 0.3) is 0 Å².